The van der Waals surface area contributed by atoms with Crippen LogP contribution < -0.4 is 0 Å². The number of hydrogen-bond donors (Lipinski definition) is 0. The SMILES string of the molecule is CC[C@H](OC(=O)[C@H](C)N1C(=O)[C@@H]2[C@H](C1=O)C1(Cl)c3ccccc3C2(Cl)c2ccccc21)C(=O)c1ccccc1. The minimum absolute atomic E-state index is 0.236. The summed E-state index contributed by atoms with van der Waals surface area (Å²) in [5.41, 5.74) is 3.13. The smallest absolute Gasteiger partial charge is 0.329 e. The molecule has 1 fully saturated rings. The lowest BCUT2D eigenvalue weighted by molar-refractivity contribution is -0.160. The van der Waals surface area contributed by atoms with E-state index in [0.29, 0.717) is 27.8 Å². The van der Waals surface area contributed by atoms with Crippen molar-refractivity contribution in [3.63, 3.8) is 0 Å². The van der Waals surface area contributed by atoms with Crippen LogP contribution in [-0.4, -0.2) is 40.6 Å². The Hall–Kier alpha value is -3.48. The predicted octanol–water partition coefficient (Wildman–Crippen LogP) is 5.17. The number of Topliss-reactive ketones (excluding diaryl/α,β-unsaturated/α-hetero) is 1. The second-order valence-corrected chi connectivity index (χ2v) is 11.4. The summed E-state index contributed by atoms with van der Waals surface area (Å²) in [5, 5.41) is 0. The van der Waals surface area contributed by atoms with Crippen LogP contribution in [0.25, 0.3) is 0 Å². The normalized spacial score (nSPS) is 27.8. The Morgan fingerprint density at radius 1 is 0.795 bits per heavy atom. The largest absolute Gasteiger partial charge is 0.452 e. The summed E-state index contributed by atoms with van der Waals surface area (Å²) in [6, 6.07) is 21.9. The first-order valence-corrected chi connectivity index (χ1v) is 13.7. The van der Waals surface area contributed by atoms with Gasteiger partial charge in [0.15, 0.2) is 6.10 Å². The quantitative estimate of drug-likeness (QED) is 0.179. The topological polar surface area (TPSA) is 80.8 Å². The molecule has 0 aromatic heterocycles. The first-order valence-electron chi connectivity index (χ1n) is 12.9. The molecule has 0 saturated carbocycles. The Labute approximate surface area is 235 Å². The average Bonchev–Trinajstić information content (AvgIpc) is 3.24. The van der Waals surface area contributed by atoms with Crippen LogP contribution in [0.2, 0.25) is 0 Å². The number of imide groups is 1. The van der Waals surface area contributed by atoms with Gasteiger partial charge in [-0.05, 0) is 35.6 Å². The molecule has 3 aromatic carbocycles. The maximum atomic E-state index is 14.1. The highest BCUT2D eigenvalue weighted by atomic mass is 35.5. The van der Waals surface area contributed by atoms with Crippen molar-refractivity contribution in [2.75, 3.05) is 0 Å². The van der Waals surface area contributed by atoms with E-state index in [2.05, 4.69) is 0 Å². The van der Waals surface area contributed by atoms with E-state index < -0.39 is 51.5 Å². The van der Waals surface area contributed by atoms with Crippen LogP contribution in [0, 0.1) is 11.8 Å². The molecule has 0 spiro atoms. The summed E-state index contributed by atoms with van der Waals surface area (Å²) in [4.78, 5) is 52.6. The van der Waals surface area contributed by atoms with Gasteiger partial charge in [0.1, 0.15) is 15.8 Å². The van der Waals surface area contributed by atoms with Crippen molar-refractivity contribution >= 4 is 46.8 Å². The molecule has 0 unspecified atom stereocenters. The number of esters is 1. The van der Waals surface area contributed by atoms with Crippen LogP contribution in [0.3, 0.4) is 0 Å². The second-order valence-electron chi connectivity index (χ2n) is 10.3. The summed E-state index contributed by atoms with van der Waals surface area (Å²) >= 11 is 14.9. The van der Waals surface area contributed by atoms with Gasteiger partial charge in [0, 0.05) is 5.56 Å². The Bertz CT molecular complexity index is 1420. The molecule has 39 heavy (non-hydrogen) atoms. The van der Waals surface area contributed by atoms with Crippen molar-refractivity contribution < 1.29 is 23.9 Å². The molecule has 0 radical (unpaired) electrons. The number of amides is 2. The van der Waals surface area contributed by atoms with Gasteiger partial charge in [-0.1, -0.05) is 85.8 Å². The van der Waals surface area contributed by atoms with E-state index in [1.54, 1.807) is 37.3 Å². The zero-order chi connectivity index (χ0) is 27.7. The Morgan fingerprint density at radius 2 is 1.21 bits per heavy atom. The highest BCUT2D eigenvalue weighted by Gasteiger charge is 2.73. The molecule has 8 heteroatoms. The highest BCUT2D eigenvalue weighted by Crippen LogP contribution is 2.69. The number of rotatable bonds is 6. The first kappa shape index (κ1) is 25.8. The number of carbonyl (C=O) groups excluding carboxylic acids is 4. The second kappa shape index (κ2) is 9.04. The van der Waals surface area contributed by atoms with Gasteiger partial charge in [-0.2, -0.15) is 0 Å². The molecular formula is C31H25Cl2NO5. The number of alkyl halides is 2. The Morgan fingerprint density at radius 3 is 1.62 bits per heavy atom. The van der Waals surface area contributed by atoms with Gasteiger partial charge in [0.2, 0.25) is 17.6 Å². The summed E-state index contributed by atoms with van der Waals surface area (Å²) in [6.45, 7) is 3.16. The molecule has 3 aliphatic carbocycles. The number of benzene rings is 3. The lowest BCUT2D eigenvalue weighted by Gasteiger charge is -2.54. The molecule has 1 aliphatic heterocycles. The third kappa shape index (κ3) is 3.34. The molecule has 3 aromatic rings. The van der Waals surface area contributed by atoms with Crippen LogP contribution in [0.1, 0.15) is 52.9 Å². The molecule has 1 saturated heterocycles. The average molecular weight is 562 g/mol. The lowest BCUT2D eigenvalue weighted by Crippen LogP contribution is -2.57. The van der Waals surface area contributed by atoms with Crippen molar-refractivity contribution in [2.24, 2.45) is 11.8 Å². The molecule has 4 atom stereocenters. The summed E-state index contributed by atoms with van der Waals surface area (Å²) in [6.07, 6.45) is -0.819. The van der Waals surface area contributed by atoms with E-state index in [1.807, 2.05) is 48.5 Å². The van der Waals surface area contributed by atoms with Crippen molar-refractivity contribution in [3.05, 3.63) is 107 Å². The summed E-state index contributed by atoms with van der Waals surface area (Å²) < 4.78 is 5.58. The number of nitrogens with zero attached hydrogens (tertiary/aromatic N) is 1. The fourth-order valence-corrected chi connectivity index (χ4v) is 7.62. The fraction of sp³-hybridized carbons (Fsp3) is 0.290. The third-order valence-corrected chi connectivity index (χ3v) is 9.61. The van der Waals surface area contributed by atoms with Gasteiger partial charge in [-0.25, -0.2) is 4.79 Å². The van der Waals surface area contributed by atoms with Gasteiger partial charge in [0.25, 0.3) is 0 Å². The predicted molar refractivity (Wildman–Crippen MR) is 145 cm³/mol. The van der Waals surface area contributed by atoms with Crippen LogP contribution in [0.15, 0.2) is 78.9 Å². The first-order chi connectivity index (χ1) is 18.7. The van der Waals surface area contributed by atoms with Crippen LogP contribution in [0.4, 0.5) is 0 Å². The molecular weight excluding hydrogens is 537 g/mol. The van der Waals surface area contributed by atoms with Crippen molar-refractivity contribution in [1.29, 1.82) is 0 Å². The number of likely N-dealkylation sites (tertiary alicyclic amines) is 1. The zero-order valence-electron chi connectivity index (χ0n) is 21.3. The van der Waals surface area contributed by atoms with Crippen LogP contribution >= 0.6 is 23.2 Å². The minimum atomic E-state index is -1.34. The summed E-state index contributed by atoms with van der Waals surface area (Å²) in [5.74, 6) is -4.40. The molecule has 7 rings (SSSR count). The molecule has 6 nitrogen and oxygen atoms in total. The van der Waals surface area contributed by atoms with Crippen molar-refractivity contribution in [3.8, 4) is 0 Å². The number of halogens is 2. The molecule has 1 heterocycles. The molecule has 198 valence electrons. The zero-order valence-corrected chi connectivity index (χ0v) is 22.8. The van der Waals surface area contributed by atoms with Gasteiger partial charge in [-0.15, -0.1) is 23.2 Å². The van der Waals surface area contributed by atoms with E-state index in [4.69, 9.17) is 27.9 Å². The van der Waals surface area contributed by atoms with Crippen LogP contribution in [0.5, 0.6) is 0 Å². The van der Waals surface area contributed by atoms with E-state index >= 15 is 0 Å². The van der Waals surface area contributed by atoms with Gasteiger partial charge in [-0.3, -0.25) is 19.3 Å². The van der Waals surface area contributed by atoms with Crippen molar-refractivity contribution in [1.82, 2.24) is 4.90 Å². The standard InChI is InChI=1S/C31H25Cl2NO5/c1-3-23(26(35)18-11-5-4-6-12-18)39-29(38)17(2)34-27(36)24-25(28(34)37)31(33)20-14-8-7-13-19(20)30(24,32)21-15-9-10-16-22(21)31/h4-17,23-25H,3H2,1-2H3/t17-,23-,24-,25+,30?,31?/m0/s1. The molecule has 4 aliphatic rings. The Balaban J connectivity index is 1.37. The molecule has 2 bridgehead atoms. The van der Waals surface area contributed by atoms with Crippen molar-refractivity contribution in [2.45, 2.75) is 42.2 Å². The number of carbonyl (C=O) groups is 4. The maximum absolute atomic E-state index is 14.1. The number of hydrogen-bond acceptors (Lipinski definition) is 5. The van der Waals surface area contributed by atoms with Crippen LogP contribution in [-0.2, 0) is 28.9 Å². The van der Waals surface area contributed by atoms with E-state index in [-0.39, 0.29) is 12.2 Å². The number of ether oxygens (including phenoxy) is 1. The van der Waals surface area contributed by atoms with Gasteiger partial charge in [0.05, 0.1) is 11.8 Å². The van der Waals surface area contributed by atoms with Gasteiger partial charge < -0.3 is 4.74 Å². The maximum Gasteiger partial charge on any atom is 0.329 e. The minimum Gasteiger partial charge on any atom is -0.452 e. The van der Waals surface area contributed by atoms with E-state index in [0.717, 1.165) is 4.90 Å². The number of ketones is 1. The fourth-order valence-electron chi connectivity index (χ4n) is 6.53. The molecule has 2 amide bonds. The Kier molecular flexibility index (Phi) is 5.97. The molecule has 0 N–H and O–H groups in total. The summed E-state index contributed by atoms with van der Waals surface area (Å²) in [7, 11) is 0. The highest BCUT2D eigenvalue weighted by molar-refractivity contribution is 6.36. The van der Waals surface area contributed by atoms with Gasteiger partial charge >= 0.3 is 5.97 Å². The lowest BCUT2D eigenvalue weighted by atomic mass is 9.54. The van der Waals surface area contributed by atoms with E-state index in [9.17, 15) is 19.2 Å². The van der Waals surface area contributed by atoms with E-state index in [1.165, 1.54) is 6.92 Å². The monoisotopic (exact) mass is 561 g/mol. The third-order valence-electron chi connectivity index (χ3n) is 8.33.